The van der Waals surface area contributed by atoms with Gasteiger partial charge < -0.3 is 9.40 Å². The predicted molar refractivity (Wildman–Crippen MR) is 184 cm³/mol. The van der Waals surface area contributed by atoms with Crippen LogP contribution in [0, 0.1) is 23.4 Å². The average Bonchev–Trinajstić information content (AvgIpc) is 3.34. The van der Waals surface area contributed by atoms with Crippen molar-refractivity contribution in [3.05, 3.63) is 114 Å². The fourth-order valence-corrected chi connectivity index (χ4v) is 8.68. The van der Waals surface area contributed by atoms with Crippen molar-refractivity contribution in [2.75, 3.05) is 0 Å². The van der Waals surface area contributed by atoms with E-state index < -0.39 is 19.2 Å². The first-order valence-electron chi connectivity index (χ1n) is 15.6. The molecule has 0 unspecified atom stereocenters. The van der Waals surface area contributed by atoms with Gasteiger partial charge in [-0.2, -0.15) is 0 Å². The standard InChI is InChI=1S/C20H15FNO.C19H26GeN.Ir/c1-12(2)13-8-9-22-18(10-13)16-5-3-4-15-17-11-14(21)6-7-19(17)23-20(15)16;1-19(2,3)13-16-12-18(15-10-8-7-9-11-15)21-14-17(16)20(4,5)6;/h3-4,6-12H,1-2H3;7-10,12,14H,13H2,1-6H3;/q2*-1;/i12D;;. The normalized spacial score (nSPS) is 12.3. The Hall–Kier alpha value is -3.12. The van der Waals surface area contributed by atoms with Gasteiger partial charge in [0.25, 0.3) is 0 Å². The number of fused-ring (bicyclic) bond motifs is 3. The minimum absolute atomic E-state index is 0. The SMILES string of the molecule is CC(C)(C)Cc1cc(-c2[c-]cccc2)nc[c]1[Ge]([CH3])([CH3])[CH3].[2H]C(C)(C)c1ccnc(-c2[c-]ccc3c2oc2ccc(F)cc23)c1.[Ir]. The molecule has 1 radical (unpaired) electrons. The molecule has 0 saturated carbocycles. The molecule has 6 rings (SSSR count). The molecule has 235 valence electrons. The summed E-state index contributed by atoms with van der Waals surface area (Å²) in [6.45, 7) is 10.6. The molecular weight excluding hydrogens is 796 g/mol. The Morgan fingerprint density at radius 1 is 0.911 bits per heavy atom. The van der Waals surface area contributed by atoms with Crippen molar-refractivity contribution in [3.8, 4) is 22.5 Å². The van der Waals surface area contributed by atoms with Crippen molar-refractivity contribution >= 4 is 39.6 Å². The largest absolute Gasteiger partial charge is 0.501 e. The first-order valence-corrected chi connectivity index (χ1v) is 22.4. The summed E-state index contributed by atoms with van der Waals surface area (Å²) in [5, 5.41) is 1.56. The van der Waals surface area contributed by atoms with Crippen LogP contribution >= 0.6 is 0 Å². The molecule has 6 heteroatoms. The summed E-state index contributed by atoms with van der Waals surface area (Å²) in [7, 11) is 0. The van der Waals surface area contributed by atoms with Crippen LogP contribution in [0.25, 0.3) is 44.5 Å². The third-order valence-corrected chi connectivity index (χ3v) is 11.8. The third kappa shape index (κ3) is 8.38. The van der Waals surface area contributed by atoms with Gasteiger partial charge in [-0.15, -0.1) is 18.2 Å². The molecule has 3 nitrogen and oxygen atoms in total. The molecule has 0 fully saturated rings. The van der Waals surface area contributed by atoms with Crippen LogP contribution in [-0.4, -0.2) is 23.2 Å². The van der Waals surface area contributed by atoms with Crippen LogP contribution in [0.15, 0.2) is 89.6 Å². The molecule has 0 atom stereocenters. The third-order valence-electron chi connectivity index (χ3n) is 7.49. The van der Waals surface area contributed by atoms with E-state index in [1.807, 2.05) is 50.2 Å². The van der Waals surface area contributed by atoms with Gasteiger partial charge in [0.1, 0.15) is 11.4 Å². The average molecular weight is 839 g/mol. The van der Waals surface area contributed by atoms with E-state index in [1.54, 1.807) is 18.3 Å². The molecule has 6 aromatic rings. The van der Waals surface area contributed by atoms with Crippen molar-refractivity contribution in [2.45, 2.75) is 64.2 Å². The van der Waals surface area contributed by atoms with E-state index in [1.165, 1.54) is 22.1 Å². The van der Waals surface area contributed by atoms with Gasteiger partial charge in [0.15, 0.2) is 0 Å². The molecule has 3 aromatic carbocycles. The summed E-state index contributed by atoms with van der Waals surface area (Å²) in [6, 6.07) is 28.7. The quantitative estimate of drug-likeness (QED) is 0.128. The summed E-state index contributed by atoms with van der Waals surface area (Å²) in [5.74, 6) is 6.31. The first kappa shape index (κ1) is 33.3. The van der Waals surface area contributed by atoms with Gasteiger partial charge in [0, 0.05) is 33.1 Å². The Balaban J connectivity index is 0.000000207. The van der Waals surface area contributed by atoms with Gasteiger partial charge >= 0.3 is 132 Å². The zero-order valence-corrected chi connectivity index (χ0v) is 31.8. The van der Waals surface area contributed by atoms with Crippen molar-refractivity contribution < 1.29 is 30.3 Å². The Labute approximate surface area is 284 Å². The molecule has 0 N–H and O–H groups in total. The molecule has 0 bridgehead atoms. The number of rotatable bonds is 5. The molecule has 0 aliphatic carbocycles. The molecule has 3 heterocycles. The van der Waals surface area contributed by atoms with Gasteiger partial charge in [0.05, 0.1) is 5.58 Å². The Bertz CT molecular complexity index is 1950. The second-order valence-electron chi connectivity index (χ2n) is 13.8. The number of benzene rings is 3. The van der Waals surface area contributed by atoms with E-state index >= 15 is 0 Å². The van der Waals surface area contributed by atoms with Crippen molar-refractivity contribution in [1.82, 2.24) is 9.97 Å². The van der Waals surface area contributed by atoms with E-state index in [4.69, 9.17) is 10.8 Å². The van der Waals surface area contributed by atoms with Crippen LogP contribution in [0.1, 0.15) is 53.0 Å². The number of nitrogens with zero attached hydrogens (tertiary/aromatic N) is 2. The van der Waals surface area contributed by atoms with E-state index in [0.29, 0.717) is 22.3 Å². The number of halogens is 1. The number of aromatic nitrogens is 2. The topological polar surface area (TPSA) is 38.9 Å². The number of furan rings is 1. The van der Waals surface area contributed by atoms with E-state index in [9.17, 15) is 4.39 Å². The van der Waals surface area contributed by atoms with E-state index in [0.717, 1.165) is 39.6 Å². The minimum atomic E-state index is -1.90. The van der Waals surface area contributed by atoms with Crippen LogP contribution in [0.4, 0.5) is 4.39 Å². The molecule has 0 saturated heterocycles. The van der Waals surface area contributed by atoms with Crippen LogP contribution in [0.2, 0.25) is 17.3 Å². The van der Waals surface area contributed by atoms with Crippen molar-refractivity contribution in [1.29, 1.82) is 0 Å². The second-order valence-corrected chi connectivity index (χ2v) is 24.3. The molecular formula is C39H41FGeIrN2O-2. The zero-order valence-electron chi connectivity index (χ0n) is 28.3. The molecule has 0 aliphatic heterocycles. The second kappa shape index (κ2) is 14.1. The fourth-order valence-electron chi connectivity index (χ4n) is 5.37. The van der Waals surface area contributed by atoms with E-state index in [-0.39, 0.29) is 25.9 Å². The number of hydrogen-bond donors (Lipinski definition) is 0. The molecule has 0 amide bonds. The van der Waals surface area contributed by atoms with Crippen LogP contribution in [0.3, 0.4) is 0 Å². The number of hydrogen-bond acceptors (Lipinski definition) is 3. The summed E-state index contributed by atoms with van der Waals surface area (Å²) in [4.78, 5) is 9.13. The van der Waals surface area contributed by atoms with Crippen molar-refractivity contribution in [2.24, 2.45) is 5.41 Å². The summed E-state index contributed by atoms with van der Waals surface area (Å²) in [6.07, 6.45) is 4.93. The Morgan fingerprint density at radius 3 is 2.36 bits per heavy atom. The van der Waals surface area contributed by atoms with Gasteiger partial charge in [-0.3, -0.25) is 0 Å². The predicted octanol–water partition coefficient (Wildman–Crippen LogP) is 10.4. The monoisotopic (exact) mass is 840 g/mol. The summed E-state index contributed by atoms with van der Waals surface area (Å²) >= 11 is -1.90. The summed E-state index contributed by atoms with van der Waals surface area (Å²) in [5.41, 5.74) is 7.44. The fraction of sp³-hybridized carbons (Fsp3) is 0.282. The molecule has 45 heavy (non-hydrogen) atoms. The zero-order chi connectivity index (χ0) is 32.6. The van der Waals surface area contributed by atoms with Gasteiger partial charge in [-0.1, -0.05) is 36.4 Å². The maximum atomic E-state index is 13.6. The number of pyridine rings is 2. The van der Waals surface area contributed by atoms with Gasteiger partial charge in [-0.05, 0) is 35.9 Å². The molecule has 0 spiro atoms. The Morgan fingerprint density at radius 2 is 1.69 bits per heavy atom. The maximum Gasteiger partial charge on any atom is 0.124 e. The van der Waals surface area contributed by atoms with Gasteiger partial charge in [0.2, 0.25) is 0 Å². The maximum absolute atomic E-state index is 13.6. The molecule has 0 aliphatic rings. The van der Waals surface area contributed by atoms with Crippen LogP contribution in [-0.2, 0) is 26.5 Å². The Kier molecular flexibility index (Phi) is 10.4. The van der Waals surface area contributed by atoms with Gasteiger partial charge in [-0.25, -0.2) is 4.39 Å². The smallest absolute Gasteiger partial charge is 0.124 e. The first-order chi connectivity index (χ1) is 21.1. The molecule has 3 aromatic heterocycles. The summed E-state index contributed by atoms with van der Waals surface area (Å²) < 4.78 is 29.2. The van der Waals surface area contributed by atoms with E-state index in [2.05, 4.69) is 73.5 Å². The van der Waals surface area contributed by atoms with Crippen molar-refractivity contribution in [3.63, 3.8) is 0 Å². The van der Waals surface area contributed by atoms with Crippen LogP contribution in [0.5, 0.6) is 0 Å². The van der Waals surface area contributed by atoms with Crippen LogP contribution < -0.4 is 4.40 Å². The minimum Gasteiger partial charge on any atom is -0.501 e.